The van der Waals surface area contributed by atoms with Crippen LogP contribution in [0.5, 0.6) is 0 Å². The SMILES string of the molecule is NC(CC(=O)O)[C@@H]1C[C@H]1c1ccccc1. The summed E-state index contributed by atoms with van der Waals surface area (Å²) in [4.78, 5) is 10.5. The molecule has 1 fully saturated rings. The van der Waals surface area contributed by atoms with Gasteiger partial charge in [0.1, 0.15) is 0 Å². The number of nitrogens with two attached hydrogens (primary N) is 1. The van der Waals surface area contributed by atoms with Crippen LogP contribution in [0.25, 0.3) is 0 Å². The lowest BCUT2D eigenvalue weighted by Crippen LogP contribution is -2.26. The monoisotopic (exact) mass is 205 g/mol. The van der Waals surface area contributed by atoms with Gasteiger partial charge in [-0.15, -0.1) is 0 Å². The summed E-state index contributed by atoms with van der Waals surface area (Å²) >= 11 is 0. The van der Waals surface area contributed by atoms with E-state index in [1.807, 2.05) is 18.2 Å². The number of carboxylic acids is 1. The zero-order valence-corrected chi connectivity index (χ0v) is 8.47. The highest BCUT2D eigenvalue weighted by Gasteiger charge is 2.42. The van der Waals surface area contributed by atoms with Gasteiger partial charge in [0.05, 0.1) is 6.42 Å². The Kier molecular flexibility index (Phi) is 2.73. The summed E-state index contributed by atoms with van der Waals surface area (Å²) < 4.78 is 0. The molecule has 1 aliphatic carbocycles. The maximum atomic E-state index is 10.5. The Morgan fingerprint density at radius 1 is 1.47 bits per heavy atom. The highest BCUT2D eigenvalue weighted by molar-refractivity contribution is 5.67. The van der Waals surface area contributed by atoms with Crippen molar-refractivity contribution >= 4 is 5.97 Å². The van der Waals surface area contributed by atoms with Gasteiger partial charge in [-0.3, -0.25) is 4.79 Å². The maximum Gasteiger partial charge on any atom is 0.304 e. The molecule has 0 bridgehead atoms. The molecule has 3 heteroatoms. The van der Waals surface area contributed by atoms with Crippen molar-refractivity contribution in [2.45, 2.75) is 24.8 Å². The lowest BCUT2D eigenvalue weighted by molar-refractivity contribution is -0.137. The Labute approximate surface area is 88.9 Å². The summed E-state index contributed by atoms with van der Waals surface area (Å²) in [6, 6.07) is 9.96. The summed E-state index contributed by atoms with van der Waals surface area (Å²) in [7, 11) is 0. The second-order valence-electron chi connectivity index (χ2n) is 4.18. The molecule has 3 N–H and O–H groups in total. The molecule has 0 saturated heterocycles. The Balaban J connectivity index is 1.93. The average Bonchev–Trinajstić information content (AvgIpc) is 2.97. The molecule has 1 aliphatic rings. The van der Waals surface area contributed by atoms with Crippen LogP contribution in [0.15, 0.2) is 30.3 Å². The Hall–Kier alpha value is -1.35. The summed E-state index contributed by atoms with van der Waals surface area (Å²) in [6.07, 6.45) is 1.10. The molecule has 0 radical (unpaired) electrons. The van der Waals surface area contributed by atoms with Crippen LogP contribution >= 0.6 is 0 Å². The molecule has 3 atom stereocenters. The van der Waals surface area contributed by atoms with Crippen LogP contribution in [0, 0.1) is 5.92 Å². The molecular weight excluding hydrogens is 190 g/mol. The molecule has 1 aromatic carbocycles. The van der Waals surface area contributed by atoms with Crippen molar-refractivity contribution in [1.82, 2.24) is 0 Å². The zero-order valence-electron chi connectivity index (χ0n) is 8.47. The van der Waals surface area contributed by atoms with Crippen molar-refractivity contribution in [2.75, 3.05) is 0 Å². The summed E-state index contributed by atoms with van der Waals surface area (Å²) in [6.45, 7) is 0. The summed E-state index contributed by atoms with van der Waals surface area (Å²) in [5.41, 5.74) is 7.11. The third kappa shape index (κ3) is 2.36. The van der Waals surface area contributed by atoms with E-state index < -0.39 is 5.97 Å². The third-order valence-corrected chi connectivity index (χ3v) is 3.03. The number of benzene rings is 1. The van der Waals surface area contributed by atoms with Gasteiger partial charge in [0.2, 0.25) is 0 Å². The van der Waals surface area contributed by atoms with E-state index in [4.69, 9.17) is 10.8 Å². The van der Waals surface area contributed by atoms with Crippen LogP contribution in [-0.2, 0) is 4.79 Å². The van der Waals surface area contributed by atoms with Crippen molar-refractivity contribution < 1.29 is 9.90 Å². The van der Waals surface area contributed by atoms with Crippen molar-refractivity contribution in [1.29, 1.82) is 0 Å². The van der Waals surface area contributed by atoms with Crippen LogP contribution in [0.2, 0.25) is 0 Å². The first-order chi connectivity index (χ1) is 7.18. The molecular formula is C12H15NO2. The average molecular weight is 205 g/mol. The van der Waals surface area contributed by atoms with Gasteiger partial charge in [-0.25, -0.2) is 0 Å². The second kappa shape index (κ2) is 4.03. The Morgan fingerprint density at radius 2 is 2.13 bits per heavy atom. The van der Waals surface area contributed by atoms with Gasteiger partial charge in [0, 0.05) is 6.04 Å². The fraction of sp³-hybridized carbons (Fsp3) is 0.417. The van der Waals surface area contributed by atoms with Crippen molar-refractivity contribution in [2.24, 2.45) is 11.7 Å². The topological polar surface area (TPSA) is 63.3 Å². The van der Waals surface area contributed by atoms with Crippen molar-refractivity contribution in [3.8, 4) is 0 Å². The molecule has 0 spiro atoms. The molecule has 1 aromatic rings. The highest BCUT2D eigenvalue weighted by atomic mass is 16.4. The number of hydrogen-bond donors (Lipinski definition) is 2. The fourth-order valence-corrected chi connectivity index (χ4v) is 2.12. The molecule has 15 heavy (non-hydrogen) atoms. The molecule has 0 aliphatic heterocycles. The van der Waals surface area contributed by atoms with Crippen LogP contribution in [0.1, 0.15) is 24.3 Å². The van der Waals surface area contributed by atoms with Gasteiger partial charge in [-0.05, 0) is 23.8 Å². The standard InChI is InChI=1S/C12H15NO2/c13-11(7-12(14)15)10-6-9(10)8-4-2-1-3-5-8/h1-5,9-11H,6-7,13H2,(H,14,15)/t9-,10+,11?/m0/s1. The molecule has 0 aromatic heterocycles. The van der Waals surface area contributed by atoms with Gasteiger partial charge in [-0.2, -0.15) is 0 Å². The maximum absolute atomic E-state index is 10.5. The second-order valence-corrected chi connectivity index (χ2v) is 4.18. The molecule has 80 valence electrons. The van der Waals surface area contributed by atoms with E-state index in [9.17, 15) is 4.79 Å². The number of carbonyl (C=O) groups is 1. The van der Waals surface area contributed by atoms with Crippen molar-refractivity contribution in [3.63, 3.8) is 0 Å². The quantitative estimate of drug-likeness (QED) is 0.784. The normalized spacial score (nSPS) is 25.9. The molecule has 0 amide bonds. The lowest BCUT2D eigenvalue weighted by atomic mass is 10.0. The minimum Gasteiger partial charge on any atom is -0.481 e. The van der Waals surface area contributed by atoms with Gasteiger partial charge in [-0.1, -0.05) is 30.3 Å². The van der Waals surface area contributed by atoms with Gasteiger partial charge >= 0.3 is 5.97 Å². The van der Waals surface area contributed by atoms with Gasteiger partial charge < -0.3 is 10.8 Å². The van der Waals surface area contributed by atoms with Crippen LogP contribution in [0.3, 0.4) is 0 Å². The third-order valence-electron chi connectivity index (χ3n) is 3.03. The summed E-state index contributed by atoms with van der Waals surface area (Å²) in [5, 5.41) is 8.64. The number of carboxylic acid groups (broad SMARTS) is 1. The van der Waals surface area contributed by atoms with Crippen LogP contribution in [-0.4, -0.2) is 17.1 Å². The smallest absolute Gasteiger partial charge is 0.304 e. The van der Waals surface area contributed by atoms with E-state index in [0.717, 1.165) is 6.42 Å². The first kappa shape index (κ1) is 10.2. The fourth-order valence-electron chi connectivity index (χ4n) is 2.12. The Bertz CT molecular complexity index is 350. The highest BCUT2D eigenvalue weighted by Crippen LogP contribution is 2.49. The van der Waals surface area contributed by atoms with Gasteiger partial charge in [0.15, 0.2) is 0 Å². The zero-order chi connectivity index (χ0) is 10.8. The predicted octanol–water partition coefficient (Wildman–Crippen LogP) is 1.59. The van der Waals surface area contributed by atoms with Crippen LogP contribution < -0.4 is 5.73 Å². The number of hydrogen-bond acceptors (Lipinski definition) is 2. The van der Waals surface area contributed by atoms with Crippen LogP contribution in [0.4, 0.5) is 0 Å². The molecule has 3 nitrogen and oxygen atoms in total. The molecule has 2 rings (SSSR count). The number of rotatable bonds is 4. The largest absolute Gasteiger partial charge is 0.481 e. The minimum absolute atomic E-state index is 0.0774. The first-order valence-corrected chi connectivity index (χ1v) is 5.21. The molecule has 1 saturated carbocycles. The van der Waals surface area contributed by atoms with E-state index in [-0.39, 0.29) is 12.5 Å². The van der Waals surface area contributed by atoms with Crippen molar-refractivity contribution in [3.05, 3.63) is 35.9 Å². The van der Waals surface area contributed by atoms with E-state index in [1.165, 1.54) is 5.56 Å². The van der Waals surface area contributed by atoms with E-state index in [1.54, 1.807) is 0 Å². The van der Waals surface area contributed by atoms with Gasteiger partial charge in [0.25, 0.3) is 0 Å². The number of aliphatic carboxylic acids is 1. The molecule has 0 heterocycles. The van der Waals surface area contributed by atoms with E-state index in [0.29, 0.717) is 11.8 Å². The summed E-state index contributed by atoms with van der Waals surface area (Å²) in [5.74, 6) is 0.0188. The van der Waals surface area contributed by atoms with E-state index in [2.05, 4.69) is 12.1 Å². The van der Waals surface area contributed by atoms with E-state index >= 15 is 0 Å². The predicted molar refractivity (Wildman–Crippen MR) is 57.5 cm³/mol. The first-order valence-electron chi connectivity index (χ1n) is 5.21. The lowest BCUT2D eigenvalue weighted by Gasteiger charge is -2.07. The molecule has 1 unspecified atom stereocenters. The Morgan fingerprint density at radius 3 is 2.73 bits per heavy atom. The minimum atomic E-state index is -0.804.